The van der Waals surface area contributed by atoms with Crippen LogP contribution in [0.2, 0.25) is 5.02 Å². The zero-order valence-electron chi connectivity index (χ0n) is 9.56. The summed E-state index contributed by atoms with van der Waals surface area (Å²) in [5.41, 5.74) is 1.56. The van der Waals surface area contributed by atoms with Gasteiger partial charge in [-0.2, -0.15) is 0 Å². The highest BCUT2D eigenvalue weighted by Gasteiger charge is 2.24. The second-order valence-electron chi connectivity index (χ2n) is 5.01. The van der Waals surface area contributed by atoms with Crippen molar-refractivity contribution in [3.63, 3.8) is 0 Å². The molecular formula is C13H18BrCl. The Morgan fingerprint density at radius 3 is 2.33 bits per heavy atom. The Hall–Kier alpha value is -0.0100. The van der Waals surface area contributed by atoms with Gasteiger partial charge in [-0.3, -0.25) is 0 Å². The van der Waals surface area contributed by atoms with Gasteiger partial charge in [0.15, 0.2) is 0 Å². The van der Waals surface area contributed by atoms with Gasteiger partial charge >= 0.3 is 0 Å². The van der Waals surface area contributed by atoms with Crippen molar-refractivity contribution in [2.75, 3.05) is 5.33 Å². The van der Waals surface area contributed by atoms with Crippen molar-refractivity contribution in [3.8, 4) is 0 Å². The monoisotopic (exact) mass is 288 g/mol. The standard InChI is InChI=1S/C13H18BrCl/c1-13(2,3)11(9-14)8-10-6-4-5-7-12(10)15/h4-7,11H,8-9H2,1-3H3. The maximum atomic E-state index is 6.16. The number of benzene rings is 1. The predicted molar refractivity (Wildman–Crippen MR) is 71.9 cm³/mol. The molecule has 0 radical (unpaired) electrons. The van der Waals surface area contributed by atoms with Crippen LogP contribution in [0, 0.1) is 11.3 Å². The van der Waals surface area contributed by atoms with Crippen LogP contribution in [0.25, 0.3) is 0 Å². The van der Waals surface area contributed by atoms with Crippen LogP contribution in [0.4, 0.5) is 0 Å². The molecule has 0 saturated carbocycles. The molecule has 1 aromatic rings. The number of halogens is 2. The first-order chi connectivity index (χ1) is 6.95. The van der Waals surface area contributed by atoms with Crippen molar-refractivity contribution < 1.29 is 0 Å². The first-order valence-corrected chi connectivity index (χ1v) is 6.74. The molecule has 0 amide bonds. The van der Waals surface area contributed by atoms with E-state index in [1.54, 1.807) is 0 Å². The summed E-state index contributed by atoms with van der Waals surface area (Å²) in [4.78, 5) is 0. The first-order valence-electron chi connectivity index (χ1n) is 5.24. The van der Waals surface area contributed by atoms with E-state index in [1.165, 1.54) is 5.56 Å². The molecule has 1 rings (SSSR count). The second kappa shape index (κ2) is 5.36. The van der Waals surface area contributed by atoms with E-state index in [9.17, 15) is 0 Å². The van der Waals surface area contributed by atoms with Gasteiger partial charge in [-0.15, -0.1) is 0 Å². The van der Waals surface area contributed by atoms with Crippen LogP contribution in [0.3, 0.4) is 0 Å². The van der Waals surface area contributed by atoms with Crippen LogP contribution in [0.5, 0.6) is 0 Å². The lowest BCUT2D eigenvalue weighted by Gasteiger charge is -2.29. The Bertz CT molecular complexity index is 315. The minimum atomic E-state index is 0.308. The highest BCUT2D eigenvalue weighted by atomic mass is 79.9. The van der Waals surface area contributed by atoms with Gasteiger partial charge < -0.3 is 0 Å². The topological polar surface area (TPSA) is 0 Å². The molecule has 84 valence electrons. The van der Waals surface area contributed by atoms with Crippen molar-refractivity contribution >= 4 is 27.5 Å². The van der Waals surface area contributed by atoms with E-state index in [4.69, 9.17) is 11.6 Å². The molecule has 2 heteroatoms. The van der Waals surface area contributed by atoms with E-state index in [2.05, 4.69) is 48.8 Å². The normalized spacial score (nSPS) is 13.9. The van der Waals surface area contributed by atoms with E-state index in [0.717, 1.165) is 16.8 Å². The van der Waals surface area contributed by atoms with Crippen molar-refractivity contribution in [3.05, 3.63) is 34.9 Å². The Balaban J connectivity index is 2.80. The van der Waals surface area contributed by atoms with Gasteiger partial charge in [0.25, 0.3) is 0 Å². The van der Waals surface area contributed by atoms with E-state index < -0.39 is 0 Å². The summed E-state index contributed by atoms with van der Waals surface area (Å²) in [6.45, 7) is 6.82. The molecule has 0 spiro atoms. The third-order valence-corrected chi connectivity index (χ3v) is 3.99. The van der Waals surface area contributed by atoms with Crippen molar-refractivity contribution in [1.29, 1.82) is 0 Å². The molecule has 0 N–H and O–H groups in total. The summed E-state index contributed by atoms with van der Waals surface area (Å²) in [7, 11) is 0. The van der Waals surface area contributed by atoms with Crippen LogP contribution in [0.15, 0.2) is 24.3 Å². The van der Waals surface area contributed by atoms with Gasteiger partial charge in [0, 0.05) is 10.4 Å². The fourth-order valence-corrected chi connectivity index (χ4v) is 2.93. The Morgan fingerprint density at radius 1 is 1.27 bits per heavy atom. The molecule has 15 heavy (non-hydrogen) atoms. The van der Waals surface area contributed by atoms with E-state index in [1.807, 2.05) is 12.1 Å². The molecule has 1 unspecified atom stereocenters. The molecule has 0 heterocycles. The van der Waals surface area contributed by atoms with Gasteiger partial charge in [0.2, 0.25) is 0 Å². The molecule has 0 aliphatic rings. The van der Waals surface area contributed by atoms with Crippen LogP contribution >= 0.6 is 27.5 Å². The Kier molecular flexibility index (Phi) is 4.66. The third kappa shape index (κ3) is 3.81. The molecule has 0 aliphatic carbocycles. The quantitative estimate of drug-likeness (QED) is 0.691. The summed E-state index contributed by atoms with van der Waals surface area (Å²) in [5, 5.41) is 1.90. The van der Waals surface area contributed by atoms with Crippen LogP contribution < -0.4 is 0 Å². The van der Waals surface area contributed by atoms with E-state index in [0.29, 0.717) is 11.3 Å². The first kappa shape index (κ1) is 13.1. The van der Waals surface area contributed by atoms with Crippen LogP contribution in [0.1, 0.15) is 26.3 Å². The van der Waals surface area contributed by atoms with Crippen molar-refractivity contribution in [1.82, 2.24) is 0 Å². The maximum absolute atomic E-state index is 6.16. The summed E-state index contributed by atoms with van der Waals surface area (Å²) in [6.07, 6.45) is 1.04. The summed E-state index contributed by atoms with van der Waals surface area (Å²) in [5.74, 6) is 0.609. The summed E-state index contributed by atoms with van der Waals surface area (Å²) in [6, 6.07) is 8.11. The lowest BCUT2D eigenvalue weighted by Crippen LogP contribution is -2.24. The fourth-order valence-electron chi connectivity index (χ4n) is 1.52. The summed E-state index contributed by atoms with van der Waals surface area (Å²) >= 11 is 9.75. The minimum Gasteiger partial charge on any atom is -0.0925 e. The van der Waals surface area contributed by atoms with Crippen molar-refractivity contribution in [2.45, 2.75) is 27.2 Å². The minimum absolute atomic E-state index is 0.308. The Morgan fingerprint density at radius 2 is 1.87 bits per heavy atom. The SMILES string of the molecule is CC(C)(C)C(CBr)Cc1ccccc1Cl. The molecule has 0 aliphatic heterocycles. The number of hydrogen-bond acceptors (Lipinski definition) is 0. The van der Waals surface area contributed by atoms with Gasteiger partial charge in [-0.25, -0.2) is 0 Å². The fraction of sp³-hybridized carbons (Fsp3) is 0.538. The summed E-state index contributed by atoms with van der Waals surface area (Å²) < 4.78 is 0. The van der Waals surface area contributed by atoms with Gasteiger partial charge in [-0.05, 0) is 29.4 Å². The maximum Gasteiger partial charge on any atom is 0.0438 e. The number of rotatable bonds is 3. The van der Waals surface area contributed by atoms with E-state index in [-0.39, 0.29) is 0 Å². The van der Waals surface area contributed by atoms with Gasteiger partial charge in [0.1, 0.15) is 0 Å². The highest BCUT2D eigenvalue weighted by molar-refractivity contribution is 9.09. The Labute approximate surface area is 106 Å². The van der Waals surface area contributed by atoms with Crippen molar-refractivity contribution in [2.24, 2.45) is 11.3 Å². The average molecular weight is 290 g/mol. The second-order valence-corrected chi connectivity index (χ2v) is 6.07. The predicted octanol–water partition coefficient (Wildman–Crippen LogP) is 4.94. The van der Waals surface area contributed by atoms with Crippen LogP contribution in [-0.4, -0.2) is 5.33 Å². The lowest BCUT2D eigenvalue weighted by atomic mass is 9.78. The van der Waals surface area contributed by atoms with Crippen LogP contribution in [-0.2, 0) is 6.42 Å². The molecule has 0 fully saturated rings. The molecule has 0 saturated heterocycles. The zero-order chi connectivity index (χ0) is 11.5. The number of alkyl halides is 1. The van der Waals surface area contributed by atoms with E-state index >= 15 is 0 Å². The molecular weight excluding hydrogens is 271 g/mol. The largest absolute Gasteiger partial charge is 0.0925 e. The highest BCUT2D eigenvalue weighted by Crippen LogP contribution is 2.32. The molecule has 0 nitrogen and oxygen atoms in total. The number of hydrogen-bond donors (Lipinski definition) is 0. The zero-order valence-corrected chi connectivity index (χ0v) is 11.9. The smallest absolute Gasteiger partial charge is 0.0438 e. The third-order valence-electron chi connectivity index (χ3n) is 2.84. The molecule has 1 atom stereocenters. The lowest BCUT2D eigenvalue weighted by molar-refractivity contribution is 0.267. The molecule has 0 bridgehead atoms. The van der Waals surface area contributed by atoms with Gasteiger partial charge in [-0.1, -0.05) is 66.5 Å². The average Bonchev–Trinajstić information content (AvgIpc) is 2.14. The molecule has 0 aromatic heterocycles. The van der Waals surface area contributed by atoms with Gasteiger partial charge in [0.05, 0.1) is 0 Å². The molecule has 1 aromatic carbocycles.